The molecule has 0 amide bonds. The van der Waals surface area contributed by atoms with Gasteiger partial charge in [-0.3, -0.25) is 0 Å². The first kappa shape index (κ1) is 22.0. The van der Waals surface area contributed by atoms with Crippen LogP contribution in [0.15, 0.2) is 30.3 Å². The third-order valence-electron chi connectivity index (χ3n) is 5.15. The summed E-state index contributed by atoms with van der Waals surface area (Å²) in [6.45, 7) is 14.2. The van der Waals surface area contributed by atoms with Crippen molar-refractivity contribution in [3.63, 3.8) is 0 Å². The zero-order valence-corrected chi connectivity index (χ0v) is 18.3. The summed E-state index contributed by atoms with van der Waals surface area (Å²) in [5.74, 6) is -0.767. The molecule has 0 aliphatic rings. The average molecular weight is 383 g/mol. The summed E-state index contributed by atoms with van der Waals surface area (Å²) >= 11 is 0. The molecule has 0 fully saturated rings. The number of rotatable bonds is 5. The zero-order chi connectivity index (χ0) is 21.3. The van der Waals surface area contributed by atoms with Gasteiger partial charge in [0.2, 0.25) is 0 Å². The molecule has 0 bridgehead atoms. The Morgan fingerprint density at radius 2 is 1.54 bits per heavy atom. The van der Waals surface area contributed by atoms with Crippen LogP contribution < -0.4 is 0 Å². The maximum absolute atomic E-state index is 12.2. The van der Waals surface area contributed by atoms with Gasteiger partial charge in [0.1, 0.15) is 5.75 Å². The fraction of sp³-hybridized carbons (Fsp3) is 0.480. The van der Waals surface area contributed by atoms with E-state index in [9.17, 15) is 15.0 Å². The van der Waals surface area contributed by atoms with Gasteiger partial charge < -0.3 is 10.2 Å². The Hall–Kier alpha value is -2.29. The van der Waals surface area contributed by atoms with Gasteiger partial charge in [0.25, 0.3) is 0 Å². The van der Waals surface area contributed by atoms with E-state index < -0.39 is 11.4 Å². The Labute approximate surface area is 169 Å². The summed E-state index contributed by atoms with van der Waals surface area (Å²) in [7, 11) is 0. The largest absolute Gasteiger partial charge is 0.507 e. The van der Waals surface area contributed by atoms with E-state index in [2.05, 4.69) is 19.1 Å². The molecule has 0 aliphatic carbocycles. The Balaban J connectivity index is 2.81. The molecule has 0 radical (unpaired) electrons. The molecule has 0 saturated heterocycles. The minimum Gasteiger partial charge on any atom is -0.507 e. The first-order valence-corrected chi connectivity index (χ1v) is 10.1. The number of phenols is 1. The van der Waals surface area contributed by atoms with Gasteiger partial charge in [-0.2, -0.15) is 0 Å². The van der Waals surface area contributed by atoms with Gasteiger partial charge >= 0.3 is 5.97 Å². The molecule has 0 atom stereocenters. The van der Waals surface area contributed by atoms with E-state index in [0.717, 1.165) is 24.8 Å². The number of unbranched alkanes of at least 4 members (excludes halogenated alkanes) is 1. The number of aromatic hydroxyl groups is 1. The second-order valence-electron chi connectivity index (χ2n) is 9.68. The van der Waals surface area contributed by atoms with Gasteiger partial charge in [-0.25, -0.2) is 4.79 Å². The van der Waals surface area contributed by atoms with Crippen LogP contribution in [0.5, 0.6) is 5.75 Å². The number of carbonyl (C=O) groups is 1. The number of phenolic OH excluding ortho intramolecular Hbond substituents is 1. The van der Waals surface area contributed by atoms with E-state index in [0.29, 0.717) is 16.7 Å². The number of hydrogen-bond acceptors (Lipinski definition) is 2. The molecule has 28 heavy (non-hydrogen) atoms. The fourth-order valence-electron chi connectivity index (χ4n) is 3.66. The predicted molar refractivity (Wildman–Crippen MR) is 117 cm³/mol. The van der Waals surface area contributed by atoms with Gasteiger partial charge in [-0.1, -0.05) is 79.2 Å². The highest BCUT2D eigenvalue weighted by atomic mass is 16.4. The van der Waals surface area contributed by atoms with E-state index in [1.165, 1.54) is 5.56 Å². The van der Waals surface area contributed by atoms with Crippen LogP contribution in [0.4, 0.5) is 0 Å². The second-order valence-corrected chi connectivity index (χ2v) is 9.68. The van der Waals surface area contributed by atoms with Crippen LogP contribution in [0.3, 0.4) is 0 Å². The van der Waals surface area contributed by atoms with Crippen molar-refractivity contribution >= 4 is 5.97 Å². The standard InChI is InChI=1S/C25H34O3/c1-8-9-10-16-11-13-17(14-12-16)20-18(23(27)28)15-19(24(2,3)4)22(26)21(20)25(5,6)7/h11-15,26H,8-10H2,1-7H3,(H,27,28). The Kier molecular flexibility index (Phi) is 6.27. The number of aryl methyl sites for hydroxylation is 1. The van der Waals surface area contributed by atoms with E-state index in [4.69, 9.17) is 0 Å². The Morgan fingerprint density at radius 1 is 0.964 bits per heavy atom. The summed E-state index contributed by atoms with van der Waals surface area (Å²) in [4.78, 5) is 12.2. The van der Waals surface area contributed by atoms with Crippen LogP contribution >= 0.6 is 0 Å². The molecule has 2 aromatic carbocycles. The average Bonchev–Trinajstić information content (AvgIpc) is 2.57. The third kappa shape index (κ3) is 4.57. The normalized spacial score (nSPS) is 12.2. The van der Waals surface area contributed by atoms with E-state index in [-0.39, 0.29) is 16.7 Å². The van der Waals surface area contributed by atoms with Crippen LogP contribution in [0.25, 0.3) is 11.1 Å². The predicted octanol–water partition coefficient (Wildman–Crippen LogP) is 6.70. The van der Waals surface area contributed by atoms with Crippen LogP contribution in [0, 0.1) is 0 Å². The summed E-state index contributed by atoms with van der Waals surface area (Å²) < 4.78 is 0. The molecule has 3 heteroatoms. The first-order valence-electron chi connectivity index (χ1n) is 10.1. The molecular formula is C25H34O3. The van der Waals surface area contributed by atoms with Crippen molar-refractivity contribution in [1.82, 2.24) is 0 Å². The molecule has 0 aliphatic heterocycles. The van der Waals surface area contributed by atoms with Crippen molar-refractivity contribution in [3.05, 3.63) is 52.6 Å². The van der Waals surface area contributed by atoms with Crippen molar-refractivity contribution in [1.29, 1.82) is 0 Å². The number of carboxylic acids is 1. The highest BCUT2D eigenvalue weighted by Gasteiger charge is 2.32. The maximum atomic E-state index is 12.2. The molecule has 0 unspecified atom stereocenters. The minimum absolute atomic E-state index is 0.204. The lowest BCUT2D eigenvalue weighted by atomic mass is 9.74. The van der Waals surface area contributed by atoms with Crippen LogP contribution in [-0.2, 0) is 17.3 Å². The summed E-state index contributed by atoms with van der Waals surface area (Å²) in [5.41, 5.74) is 3.52. The van der Waals surface area contributed by atoms with Gasteiger partial charge in [-0.05, 0) is 40.9 Å². The second kappa shape index (κ2) is 7.98. The van der Waals surface area contributed by atoms with Crippen molar-refractivity contribution in [2.75, 3.05) is 0 Å². The van der Waals surface area contributed by atoms with Gasteiger partial charge in [-0.15, -0.1) is 0 Å². The van der Waals surface area contributed by atoms with E-state index >= 15 is 0 Å². The zero-order valence-electron chi connectivity index (χ0n) is 18.3. The molecule has 0 saturated carbocycles. The van der Waals surface area contributed by atoms with Crippen LogP contribution in [0.2, 0.25) is 0 Å². The van der Waals surface area contributed by atoms with E-state index in [1.807, 2.05) is 53.7 Å². The van der Waals surface area contributed by atoms with Gasteiger partial charge in [0, 0.05) is 16.7 Å². The topological polar surface area (TPSA) is 57.5 Å². The first-order chi connectivity index (χ1) is 12.9. The Bertz CT molecular complexity index is 847. The summed E-state index contributed by atoms with van der Waals surface area (Å²) in [5, 5.41) is 21.2. The summed E-state index contributed by atoms with van der Waals surface area (Å²) in [6.07, 6.45) is 3.29. The molecule has 0 heterocycles. The highest BCUT2D eigenvalue weighted by molar-refractivity contribution is 5.98. The highest BCUT2D eigenvalue weighted by Crippen LogP contribution is 2.46. The molecule has 3 nitrogen and oxygen atoms in total. The van der Waals surface area contributed by atoms with Gasteiger partial charge in [0.05, 0.1) is 5.56 Å². The number of aromatic carboxylic acids is 1. The lowest BCUT2D eigenvalue weighted by Crippen LogP contribution is -2.20. The van der Waals surface area contributed by atoms with Crippen molar-refractivity contribution in [2.45, 2.75) is 78.6 Å². The number of benzene rings is 2. The van der Waals surface area contributed by atoms with E-state index in [1.54, 1.807) is 6.07 Å². The van der Waals surface area contributed by atoms with Crippen molar-refractivity contribution in [3.8, 4) is 16.9 Å². The lowest BCUT2D eigenvalue weighted by molar-refractivity contribution is 0.0697. The number of hydrogen-bond donors (Lipinski definition) is 2. The smallest absolute Gasteiger partial charge is 0.336 e. The lowest BCUT2D eigenvalue weighted by Gasteiger charge is -2.31. The quantitative estimate of drug-likeness (QED) is 0.605. The van der Waals surface area contributed by atoms with Crippen LogP contribution in [0.1, 0.15) is 88.4 Å². The fourth-order valence-corrected chi connectivity index (χ4v) is 3.66. The number of carboxylic acid groups (broad SMARTS) is 1. The van der Waals surface area contributed by atoms with Crippen LogP contribution in [-0.4, -0.2) is 16.2 Å². The molecule has 0 aromatic heterocycles. The summed E-state index contributed by atoms with van der Waals surface area (Å²) in [6, 6.07) is 9.75. The maximum Gasteiger partial charge on any atom is 0.336 e. The van der Waals surface area contributed by atoms with Crippen molar-refractivity contribution in [2.24, 2.45) is 0 Å². The molecule has 2 N–H and O–H groups in total. The third-order valence-corrected chi connectivity index (χ3v) is 5.15. The monoisotopic (exact) mass is 382 g/mol. The minimum atomic E-state index is -0.971. The SMILES string of the molecule is CCCCc1ccc(-c2c(C(=O)O)cc(C(C)(C)C)c(O)c2C(C)(C)C)cc1. The van der Waals surface area contributed by atoms with Gasteiger partial charge in [0.15, 0.2) is 0 Å². The molecule has 2 rings (SSSR count). The molecule has 2 aromatic rings. The molecular weight excluding hydrogens is 348 g/mol. The molecule has 0 spiro atoms. The Morgan fingerprint density at radius 3 is 1.96 bits per heavy atom. The van der Waals surface area contributed by atoms with Crippen molar-refractivity contribution < 1.29 is 15.0 Å². The molecule has 152 valence electrons.